The minimum absolute atomic E-state index is 0.00596. The van der Waals surface area contributed by atoms with Gasteiger partial charge in [-0.2, -0.15) is 10.1 Å². The Kier molecular flexibility index (Phi) is 7.22. The van der Waals surface area contributed by atoms with E-state index in [-0.39, 0.29) is 29.6 Å². The second-order valence-corrected chi connectivity index (χ2v) is 11.7. The molecule has 4 heterocycles. The van der Waals surface area contributed by atoms with Crippen molar-refractivity contribution in [3.05, 3.63) is 54.4 Å². The Morgan fingerprint density at radius 2 is 1.95 bits per heavy atom. The van der Waals surface area contributed by atoms with Gasteiger partial charge in [-0.1, -0.05) is 20.8 Å². The Morgan fingerprint density at radius 1 is 1.16 bits per heavy atom. The molecule has 1 saturated heterocycles. The molecule has 10 nitrogen and oxygen atoms in total. The van der Waals surface area contributed by atoms with E-state index >= 15 is 0 Å². The quantitative estimate of drug-likeness (QED) is 0.303. The highest BCUT2D eigenvalue weighted by atomic mass is 32.2. The third-order valence-corrected chi connectivity index (χ3v) is 7.28. The van der Waals surface area contributed by atoms with E-state index in [1.165, 1.54) is 11.8 Å². The number of rotatable bonds is 8. The number of aryl methyl sites for hydroxylation is 1. The molecular formula is C27H32N8O2S. The standard InChI is InChI=1S/C27H32N8O2S/c1-17-14-21(33-32-17)29-25-31-26(30-22-6-5-12-35(22)25)38-20-9-7-19(8-10-20)28-23(36)16-34-13-11-18(15-34)24(37)27(2,3)4/h5-10,12,14,18H,11,13,15-16H2,1-4H3,(H,28,36)(H2,29,30,31,32,33). The van der Waals surface area contributed by atoms with Crippen molar-refractivity contribution in [2.75, 3.05) is 30.3 Å². The normalized spacial score (nSPS) is 16.2. The molecule has 198 valence electrons. The van der Waals surface area contributed by atoms with Crippen LogP contribution in [0, 0.1) is 18.3 Å². The summed E-state index contributed by atoms with van der Waals surface area (Å²) in [5.74, 6) is 1.49. The first-order chi connectivity index (χ1) is 18.1. The number of Topliss-reactive ketones (excluding diaryl/α,β-unsaturated/α-hetero) is 1. The van der Waals surface area contributed by atoms with Crippen molar-refractivity contribution in [2.45, 2.75) is 44.2 Å². The molecule has 1 aromatic carbocycles. The zero-order valence-corrected chi connectivity index (χ0v) is 22.8. The molecule has 11 heteroatoms. The van der Waals surface area contributed by atoms with Crippen LogP contribution in [0.4, 0.5) is 17.5 Å². The molecule has 1 aliphatic heterocycles. The molecule has 3 N–H and O–H groups in total. The highest BCUT2D eigenvalue weighted by Crippen LogP contribution is 2.29. The fourth-order valence-electron chi connectivity index (χ4n) is 4.56. The van der Waals surface area contributed by atoms with Gasteiger partial charge in [0.15, 0.2) is 11.0 Å². The molecule has 1 unspecified atom stereocenters. The van der Waals surface area contributed by atoms with Crippen LogP contribution in [0.5, 0.6) is 0 Å². The lowest BCUT2D eigenvalue weighted by atomic mass is 9.83. The molecule has 3 aromatic heterocycles. The first kappa shape index (κ1) is 25.9. The molecule has 1 fully saturated rings. The van der Waals surface area contributed by atoms with Crippen LogP contribution in [0.15, 0.2) is 58.7 Å². The largest absolute Gasteiger partial charge is 0.325 e. The number of nitrogens with one attached hydrogen (secondary N) is 3. The van der Waals surface area contributed by atoms with Gasteiger partial charge >= 0.3 is 0 Å². The molecule has 1 aliphatic rings. The summed E-state index contributed by atoms with van der Waals surface area (Å²) in [5.41, 5.74) is 2.10. The van der Waals surface area contributed by atoms with Gasteiger partial charge in [-0.05, 0) is 68.0 Å². The number of aromatic amines is 1. The highest BCUT2D eigenvalue weighted by molar-refractivity contribution is 7.99. The number of aromatic nitrogens is 5. The first-order valence-corrected chi connectivity index (χ1v) is 13.4. The zero-order chi connectivity index (χ0) is 26.9. The number of H-pyrrole nitrogens is 1. The molecule has 0 radical (unpaired) electrons. The number of carbonyl (C=O) groups is 2. The summed E-state index contributed by atoms with van der Waals surface area (Å²) >= 11 is 1.44. The molecule has 1 atom stereocenters. The number of hydrogen-bond donors (Lipinski definition) is 3. The van der Waals surface area contributed by atoms with Gasteiger partial charge in [0.2, 0.25) is 11.9 Å². The minimum Gasteiger partial charge on any atom is -0.325 e. The number of anilines is 3. The van der Waals surface area contributed by atoms with E-state index in [2.05, 4.69) is 35.7 Å². The van der Waals surface area contributed by atoms with E-state index in [0.29, 0.717) is 23.5 Å². The number of hydrogen-bond acceptors (Lipinski definition) is 8. The van der Waals surface area contributed by atoms with Crippen molar-refractivity contribution >= 4 is 46.6 Å². The molecule has 38 heavy (non-hydrogen) atoms. The number of amides is 1. The van der Waals surface area contributed by atoms with Crippen LogP contribution in [-0.4, -0.2) is 60.8 Å². The monoisotopic (exact) mass is 532 g/mol. The lowest BCUT2D eigenvalue weighted by Crippen LogP contribution is -2.34. The third-order valence-electron chi connectivity index (χ3n) is 6.41. The van der Waals surface area contributed by atoms with Crippen LogP contribution in [0.1, 0.15) is 32.9 Å². The van der Waals surface area contributed by atoms with Gasteiger partial charge in [-0.15, -0.1) is 0 Å². The number of benzene rings is 1. The maximum Gasteiger partial charge on any atom is 0.238 e. The van der Waals surface area contributed by atoms with Gasteiger partial charge < -0.3 is 10.6 Å². The third kappa shape index (κ3) is 6.05. The summed E-state index contributed by atoms with van der Waals surface area (Å²) in [4.78, 5) is 37.5. The van der Waals surface area contributed by atoms with Gasteiger partial charge in [0.05, 0.1) is 6.54 Å². The predicted molar refractivity (Wildman–Crippen MR) is 148 cm³/mol. The molecule has 1 amide bonds. The van der Waals surface area contributed by atoms with E-state index in [9.17, 15) is 9.59 Å². The van der Waals surface area contributed by atoms with E-state index in [1.54, 1.807) is 0 Å². The van der Waals surface area contributed by atoms with Crippen LogP contribution in [-0.2, 0) is 9.59 Å². The van der Waals surface area contributed by atoms with Crippen molar-refractivity contribution in [1.29, 1.82) is 0 Å². The first-order valence-electron chi connectivity index (χ1n) is 12.6. The summed E-state index contributed by atoms with van der Waals surface area (Å²) in [5, 5.41) is 14.0. The molecule has 0 spiro atoms. The fourth-order valence-corrected chi connectivity index (χ4v) is 5.31. The van der Waals surface area contributed by atoms with Gasteiger partial charge in [-0.25, -0.2) is 4.98 Å². The van der Waals surface area contributed by atoms with E-state index in [4.69, 9.17) is 0 Å². The molecule has 0 aliphatic carbocycles. The van der Waals surface area contributed by atoms with Crippen molar-refractivity contribution in [1.82, 2.24) is 29.5 Å². The zero-order valence-electron chi connectivity index (χ0n) is 22.0. The van der Waals surface area contributed by atoms with Crippen LogP contribution >= 0.6 is 11.8 Å². The predicted octanol–water partition coefficient (Wildman–Crippen LogP) is 4.53. The summed E-state index contributed by atoms with van der Waals surface area (Å²) in [6.45, 7) is 9.48. The molecular weight excluding hydrogens is 500 g/mol. The van der Waals surface area contributed by atoms with Crippen LogP contribution in [0.25, 0.3) is 5.65 Å². The molecule has 0 bridgehead atoms. The molecule has 0 saturated carbocycles. The van der Waals surface area contributed by atoms with Gasteiger partial charge in [0.25, 0.3) is 0 Å². The molecule has 4 aromatic rings. The van der Waals surface area contributed by atoms with Crippen LogP contribution < -0.4 is 10.6 Å². The van der Waals surface area contributed by atoms with Crippen LogP contribution in [0.3, 0.4) is 0 Å². The highest BCUT2D eigenvalue weighted by Gasteiger charge is 2.34. The van der Waals surface area contributed by atoms with E-state index in [1.807, 2.05) is 80.8 Å². The van der Waals surface area contributed by atoms with Crippen molar-refractivity contribution in [3.8, 4) is 0 Å². The average Bonchev–Trinajstić information content (AvgIpc) is 3.61. The smallest absolute Gasteiger partial charge is 0.238 e. The van der Waals surface area contributed by atoms with Gasteiger partial charge in [-0.3, -0.25) is 24.0 Å². The lowest BCUT2D eigenvalue weighted by molar-refractivity contribution is -0.130. The van der Waals surface area contributed by atoms with Crippen LogP contribution in [0.2, 0.25) is 0 Å². The SMILES string of the molecule is Cc1cc(Nc2nc(Sc3ccc(NC(=O)CN4CCC(C(=O)C(C)(C)C)C4)cc3)nc3cccn23)n[nH]1. The Morgan fingerprint density at radius 3 is 2.66 bits per heavy atom. The number of likely N-dealkylation sites (tertiary alicyclic amines) is 1. The fraction of sp³-hybridized carbons (Fsp3) is 0.370. The summed E-state index contributed by atoms with van der Waals surface area (Å²) in [7, 11) is 0. The van der Waals surface area contributed by atoms with Crippen molar-refractivity contribution in [2.24, 2.45) is 11.3 Å². The van der Waals surface area contributed by atoms with Crippen molar-refractivity contribution < 1.29 is 9.59 Å². The van der Waals surface area contributed by atoms with Gasteiger partial charge in [0.1, 0.15) is 11.4 Å². The maximum absolute atomic E-state index is 12.6. The van der Waals surface area contributed by atoms with E-state index < -0.39 is 0 Å². The number of carbonyl (C=O) groups excluding carboxylic acids is 2. The second-order valence-electron chi connectivity index (χ2n) is 10.6. The Labute approximate surface area is 225 Å². The summed E-state index contributed by atoms with van der Waals surface area (Å²) < 4.78 is 1.87. The van der Waals surface area contributed by atoms with E-state index in [0.717, 1.165) is 34.9 Å². The van der Waals surface area contributed by atoms with Crippen molar-refractivity contribution in [3.63, 3.8) is 0 Å². The summed E-state index contributed by atoms with van der Waals surface area (Å²) in [6.07, 6.45) is 2.71. The number of fused-ring (bicyclic) bond motifs is 1. The summed E-state index contributed by atoms with van der Waals surface area (Å²) in [6, 6.07) is 13.4. The average molecular weight is 533 g/mol. The maximum atomic E-state index is 12.6. The molecule has 5 rings (SSSR count). The Hall–Kier alpha value is -3.70. The number of nitrogens with zero attached hydrogens (tertiary/aromatic N) is 5. The topological polar surface area (TPSA) is 120 Å². The lowest BCUT2D eigenvalue weighted by Gasteiger charge is -2.21. The minimum atomic E-state index is -0.349. The second kappa shape index (κ2) is 10.6. The van der Waals surface area contributed by atoms with Gasteiger partial charge in [0, 0.05) is 46.4 Å². The number of ketones is 1. The Balaban J connectivity index is 1.19. The Bertz CT molecular complexity index is 1450.